The Kier molecular flexibility index (Phi) is 5.58. The highest BCUT2D eigenvalue weighted by Gasteiger charge is 2.02. The van der Waals surface area contributed by atoms with Crippen LogP contribution in [0.5, 0.6) is 5.75 Å². The van der Waals surface area contributed by atoms with Crippen molar-refractivity contribution >= 4 is 27.8 Å². The second kappa shape index (κ2) is 8.25. The molecule has 7 heteroatoms. The van der Waals surface area contributed by atoms with Crippen molar-refractivity contribution in [3.8, 4) is 5.75 Å². The normalized spacial score (nSPS) is 10.8. The van der Waals surface area contributed by atoms with Crippen LogP contribution in [0.2, 0.25) is 0 Å². The Hall–Kier alpha value is -2.93. The van der Waals surface area contributed by atoms with Gasteiger partial charge in [-0.2, -0.15) is 10.2 Å². The summed E-state index contributed by atoms with van der Waals surface area (Å²) in [5.41, 5.74) is 4.91. The van der Waals surface area contributed by atoms with Gasteiger partial charge in [-0.3, -0.25) is 10.2 Å². The van der Waals surface area contributed by atoms with Gasteiger partial charge in [-0.05, 0) is 39.2 Å². The van der Waals surface area contributed by atoms with E-state index in [2.05, 4.69) is 36.7 Å². The molecule has 6 nitrogen and oxygen atoms in total. The summed E-state index contributed by atoms with van der Waals surface area (Å²) in [6, 6.07) is 17.6. The molecular formula is C18H15BrN4O2. The van der Waals surface area contributed by atoms with Crippen molar-refractivity contribution in [2.24, 2.45) is 5.10 Å². The first-order valence-electron chi connectivity index (χ1n) is 7.51. The standard InChI is InChI=1S/C18H15BrN4O2/c19-17-16(11-21-23-18(17)24)22-20-10-14-7-4-8-15(9-14)25-12-13-5-2-1-3-6-13/h1-11H,12H2,(H2,22,23,24)/b20-10-. The van der Waals surface area contributed by atoms with Crippen LogP contribution in [-0.2, 0) is 6.61 Å². The van der Waals surface area contributed by atoms with Gasteiger partial charge in [0.2, 0.25) is 0 Å². The number of H-pyrrole nitrogens is 1. The van der Waals surface area contributed by atoms with Crippen LogP contribution in [0.3, 0.4) is 0 Å². The molecular weight excluding hydrogens is 384 g/mol. The predicted molar refractivity (Wildman–Crippen MR) is 101 cm³/mol. The van der Waals surface area contributed by atoms with Gasteiger partial charge in [0, 0.05) is 0 Å². The summed E-state index contributed by atoms with van der Waals surface area (Å²) in [5.74, 6) is 0.756. The topological polar surface area (TPSA) is 79.4 Å². The fourth-order valence-corrected chi connectivity index (χ4v) is 2.34. The Bertz CT molecular complexity index is 926. The van der Waals surface area contributed by atoms with Crippen molar-refractivity contribution in [2.45, 2.75) is 6.61 Å². The van der Waals surface area contributed by atoms with Gasteiger partial charge in [-0.1, -0.05) is 42.5 Å². The summed E-state index contributed by atoms with van der Waals surface area (Å²) in [5, 5.41) is 10.2. The summed E-state index contributed by atoms with van der Waals surface area (Å²) in [7, 11) is 0. The highest BCUT2D eigenvalue weighted by molar-refractivity contribution is 9.10. The van der Waals surface area contributed by atoms with E-state index < -0.39 is 0 Å². The zero-order chi connectivity index (χ0) is 17.5. The van der Waals surface area contributed by atoms with Crippen LogP contribution in [0, 0.1) is 0 Å². The zero-order valence-electron chi connectivity index (χ0n) is 13.1. The summed E-state index contributed by atoms with van der Waals surface area (Å²) < 4.78 is 6.13. The summed E-state index contributed by atoms with van der Waals surface area (Å²) >= 11 is 3.18. The number of anilines is 1. The quantitative estimate of drug-likeness (QED) is 0.491. The van der Waals surface area contributed by atoms with Gasteiger partial charge >= 0.3 is 0 Å². The highest BCUT2D eigenvalue weighted by Crippen LogP contribution is 2.16. The van der Waals surface area contributed by atoms with E-state index in [9.17, 15) is 4.79 Å². The van der Waals surface area contributed by atoms with Gasteiger partial charge in [-0.25, -0.2) is 5.10 Å². The number of hydrogen-bond donors (Lipinski definition) is 2. The molecule has 0 aliphatic heterocycles. The third kappa shape index (κ3) is 4.77. The monoisotopic (exact) mass is 398 g/mol. The van der Waals surface area contributed by atoms with Crippen molar-refractivity contribution < 1.29 is 4.74 Å². The molecule has 0 bridgehead atoms. The van der Waals surface area contributed by atoms with Gasteiger partial charge in [0.1, 0.15) is 16.8 Å². The Balaban J connectivity index is 1.63. The molecule has 0 saturated carbocycles. The Morgan fingerprint density at radius 1 is 1.20 bits per heavy atom. The SMILES string of the molecule is O=c1[nH]ncc(N/N=C\c2cccc(OCc3ccccc3)c2)c1Br. The molecule has 0 atom stereocenters. The van der Waals surface area contributed by atoms with E-state index in [1.54, 1.807) is 6.21 Å². The Morgan fingerprint density at radius 3 is 2.88 bits per heavy atom. The van der Waals surface area contributed by atoms with Crippen LogP contribution in [0.15, 0.2) is 75.2 Å². The molecule has 1 aromatic heterocycles. The van der Waals surface area contributed by atoms with Crippen molar-refractivity contribution in [3.05, 3.63) is 86.7 Å². The summed E-state index contributed by atoms with van der Waals surface area (Å²) in [6.45, 7) is 0.505. The van der Waals surface area contributed by atoms with Crippen LogP contribution in [0.25, 0.3) is 0 Å². The number of hydrazone groups is 1. The maximum Gasteiger partial charge on any atom is 0.280 e. The molecule has 3 aromatic rings. The van der Waals surface area contributed by atoms with Gasteiger partial charge < -0.3 is 4.74 Å². The molecule has 0 aliphatic rings. The molecule has 126 valence electrons. The number of ether oxygens (including phenoxy) is 1. The number of aromatic nitrogens is 2. The number of benzene rings is 2. The number of aromatic amines is 1. The molecule has 0 unspecified atom stereocenters. The van der Waals surface area contributed by atoms with Crippen molar-refractivity contribution in [1.29, 1.82) is 0 Å². The molecule has 25 heavy (non-hydrogen) atoms. The maximum atomic E-state index is 11.4. The van der Waals surface area contributed by atoms with E-state index in [-0.39, 0.29) is 5.56 Å². The van der Waals surface area contributed by atoms with Crippen LogP contribution < -0.4 is 15.7 Å². The lowest BCUT2D eigenvalue weighted by Crippen LogP contribution is -2.10. The molecule has 0 radical (unpaired) electrons. The van der Waals surface area contributed by atoms with Gasteiger partial charge in [0.15, 0.2) is 0 Å². The second-order valence-electron chi connectivity index (χ2n) is 5.14. The van der Waals surface area contributed by atoms with Gasteiger partial charge in [-0.15, -0.1) is 0 Å². The van der Waals surface area contributed by atoms with Crippen molar-refractivity contribution in [1.82, 2.24) is 10.2 Å². The van der Waals surface area contributed by atoms with Crippen LogP contribution in [0.4, 0.5) is 5.69 Å². The first kappa shape index (κ1) is 16.9. The predicted octanol–water partition coefficient (Wildman–Crippen LogP) is 3.56. The average Bonchev–Trinajstić information content (AvgIpc) is 2.65. The maximum absolute atomic E-state index is 11.4. The minimum absolute atomic E-state index is 0.323. The lowest BCUT2D eigenvalue weighted by molar-refractivity contribution is 0.306. The Labute approximate surface area is 152 Å². The van der Waals surface area contributed by atoms with Gasteiger partial charge in [0.05, 0.1) is 18.1 Å². The van der Waals surface area contributed by atoms with E-state index in [0.29, 0.717) is 16.8 Å². The molecule has 0 amide bonds. The van der Waals surface area contributed by atoms with Crippen molar-refractivity contribution in [3.63, 3.8) is 0 Å². The lowest BCUT2D eigenvalue weighted by atomic mass is 10.2. The van der Waals surface area contributed by atoms with E-state index in [1.807, 2.05) is 54.6 Å². The number of nitrogens with zero attached hydrogens (tertiary/aromatic N) is 2. The van der Waals surface area contributed by atoms with Crippen LogP contribution in [-0.4, -0.2) is 16.4 Å². The summed E-state index contributed by atoms with van der Waals surface area (Å²) in [6.07, 6.45) is 3.12. The van der Waals surface area contributed by atoms with E-state index >= 15 is 0 Å². The number of nitrogens with one attached hydrogen (secondary N) is 2. The molecule has 2 N–H and O–H groups in total. The third-order valence-electron chi connectivity index (χ3n) is 3.30. The minimum Gasteiger partial charge on any atom is -0.489 e. The van der Waals surface area contributed by atoms with Crippen LogP contribution >= 0.6 is 15.9 Å². The molecule has 0 spiro atoms. The number of halogens is 1. The van der Waals surface area contributed by atoms with Crippen molar-refractivity contribution in [2.75, 3.05) is 5.43 Å². The minimum atomic E-state index is -0.323. The fourth-order valence-electron chi connectivity index (χ4n) is 2.06. The van der Waals surface area contributed by atoms with Crippen LogP contribution in [0.1, 0.15) is 11.1 Å². The molecule has 3 rings (SSSR count). The molecule has 1 heterocycles. The molecule has 2 aromatic carbocycles. The first-order valence-corrected chi connectivity index (χ1v) is 8.31. The molecule has 0 saturated heterocycles. The first-order chi connectivity index (χ1) is 12.2. The number of rotatable bonds is 6. The number of hydrogen-bond acceptors (Lipinski definition) is 5. The molecule has 0 aliphatic carbocycles. The lowest BCUT2D eigenvalue weighted by Gasteiger charge is -2.07. The van der Waals surface area contributed by atoms with Gasteiger partial charge in [0.25, 0.3) is 5.56 Å². The fraction of sp³-hybridized carbons (Fsp3) is 0.0556. The largest absolute Gasteiger partial charge is 0.489 e. The second-order valence-corrected chi connectivity index (χ2v) is 5.94. The Morgan fingerprint density at radius 2 is 2.04 bits per heavy atom. The van der Waals surface area contributed by atoms with E-state index in [0.717, 1.165) is 16.9 Å². The van der Waals surface area contributed by atoms with E-state index in [4.69, 9.17) is 4.74 Å². The third-order valence-corrected chi connectivity index (χ3v) is 4.09. The highest BCUT2D eigenvalue weighted by atomic mass is 79.9. The molecule has 0 fully saturated rings. The summed E-state index contributed by atoms with van der Waals surface area (Å²) in [4.78, 5) is 11.4. The average molecular weight is 399 g/mol. The zero-order valence-corrected chi connectivity index (χ0v) is 14.7. The smallest absolute Gasteiger partial charge is 0.280 e. The van der Waals surface area contributed by atoms with E-state index in [1.165, 1.54) is 6.20 Å².